The van der Waals surface area contributed by atoms with Gasteiger partial charge in [-0.25, -0.2) is 0 Å². The molecule has 0 saturated carbocycles. The first-order chi connectivity index (χ1) is 5.43. The van der Waals surface area contributed by atoms with Crippen molar-refractivity contribution in [2.45, 2.75) is 0 Å². The summed E-state index contributed by atoms with van der Waals surface area (Å²) in [5.41, 5.74) is 0. The van der Waals surface area contributed by atoms with Crippen molar-refractivity contribution in [2.75, 3.05) is 0 Å². The van der Waals surface area contributed by atoms with E-state index >= 15 is 0 Å². The van der Waals surface area contributed by atoms with Crippen molar-refractivity contribution < 1.29 is 73.8 Å². The number of benzene rings is 1. The van der Waals surface area contributed by atoms with Crippen molar-refractivity contribution in [1.29, 1.82) is 0 Å². The first-order valence-electron chi connectivity index (χ1n) is 2.89. The largest absolute Gasteiger partial charge is 1.00 e. The molecule has 0 fully saturated rings. The quantitative estimate of drug-likeness (QED) is 0.377. The first-order valence-corrected chi connectivity index (χ1v) is 5.19. The Morgan fingerprint density at radius 2 is 1.29 bits per heavy atom. The second-order valence-corrected chi connectivity index (χ2v) is 4.32. The third-order valence-electron chi connectivity index (χ3n) is 1.21. The second kappa shape index (κ2) is 7.44. The van der Waals surface area contributed by atoms with E-state index in [1.807, 2.05) is 0 Å². The average Bonchev–Trinajstić information content (AvgIpc) is 1.82. The van der Waals surface area contributed by atoms with Crippen LogP contribution in [0.1, 0.15) is 0 Å². The van der Waals surface area contributed by atoms with Gasteiger partial charge in [0.25, 0.3) is 0 Å². The Bertz CT molecular complexity index is 285. The van der Waals surface area contributed by atoms with Crippen molar-refractivity contribution in [1.82, 2.24) is 0 Å². The van der Waals surface area contributed by atoms with Gasteiger partial charge in [-0.15, -0.1) is 7.94 Å². The van der Waals surface area contributed by atoms with E-state index in [0.717, 1.165) is 0 Å². The molecule has 0 atom stereocenters. The van der Waals surface area contributed by atoms with Crippen LogP contribution in [0.4, 0.5) is 0 Å². The zero-order valence-electron chi connectivity index (χ0n) is 7.66. The summed E-state index contributed by atoms with van der Waals surface area (Å²) in [6, 6.07) is 4.06. The SMILES string of the molecule is [Na+].[Na+].[O-][P+]([O-])([O-])c1c(Cl)cccc1Cl. The number of hydrogen-bond donors (Lipinski definition) is 0. The number of rotatable bonds is 1. The molecular formula is C6H3Cl2Na2O3P. The van der Waals surface area contributed by atoms with Crippen LogP contribution in [0, 0.1) is 0 Å². The van der Waals surface area contributed by atoms with Crippen LogP contribution in [0.25, 0.3) is 0 Å². The van der Waals surface area contributed by atoms with E-state index in [0.29, 0.717) is 0 Å². The third-order valence-corrected chi connectivity index (χ3v) is 3.13. The van der Waals surface area contributed by atoms with Gasteiger partial charge in [0.2, 0.25) is 0 Å². The molecule has 1 rings (SSSR count). The van der Waals surface area contributed by atoms with Gasteiger partial charge >= 0.3 is 59.1 Å². The second-order valence-electron chi connectivity index (χ2n) is 2.07. The zero-order valence-corrected chi connectivity index (χ0v) is 14.1. The predicted molar refractivity (Wildman–Crippen MR) is 43.0 cm³/mol. The first kappa shape index (κ1) is 18.5. The van der Waals surface area contributed by atoms with Crippen molar-refractivity contribution in [3.63, 3.8) is 0 Å². The molecule has 0 spiro atoms. The van der Waals surface area contributed by atoms with Gasteiger partial charge in [-0.1, -0.05) is 29.3 Å². The fraction of sp³-hybridized carbons (Fsp3) is 0. The minimum absolute atomic E-state index is 0. The van der Waals surface area contributed by atoms with E-state index in [4.69, 9.17) is 23.2 Å². The summed E-state index contributed by atoms with van der Waals surface area (Å²) < 4.78 is 0. The van der Waals surface area contributed by atoms with Gasteiger partial charge in [-0.05, 0) is 12.1 Å². The van der Waals surface area contributed by atoms with Crippen LogP contribution in [-0.4, -0.2) is 0 Å². The predicted octanol–water partition coefficient (Wildman–Crippen LogP) is -6.53. The van der Waals surface area contributed by atoms with Crippen LogP contribution in [0.3, 0.4) is 0 Å². The van der Waals surface area contributed by atoms with Crippen LogP contribution in [0.5, 0.6) is 0 Å². The molecule has 8 heteroatoms. The third kappa shape index (κ3) is 4.96. The average molecular weight is 271 g/mol. The monoisotopic (exact) mass is 270 g/mol. The Kier molecular flexibility index (Phi) is 9.82. The van der Waals surface area contributed by atoms with Crippen LogP contribution in [-0.2, 0) is 0 Å². The smallest absolute Gasteiger partial charge is 0.683 e. The Labute approximate surface area is 137 Å². The molecule has 0 saturated heterocycles. The molecule has 0 N–H and O–H groups in total. The van der Waals surface area contributed by atoms with Gasteiger partial charge in [-0.2, -0.15) is 0 Å². The molecule has 0 aliphatic carbocycles. The van der Waals surface area contributed by atoms with Gasteiger partial charge in [-0.3, -0.25) is 0 Å². The fourth-order valence-electron chi connectivity index (χ4n) is 0.751. The van der Waals surface area contributed by atoms with Crippen LogP contribution < -0.4 is 79.1 Å². The molecule has 0 amide bonds. The summed E-state index contributed by atoms with van der Waals surface area (Å²) in [4.78, 5) is 31.7. The maximum Gasteiger partial charge on any atom is 1.00 e. The van der Waals surface area contributed by atoms with Crippen molar-refractivity contribution >= 4 is 36.4 Å². The van der Waals surface area contributed by atoms with E-state index in [2.05, 4.69) is 0 Å². The van der Waals surface area contributed by atoms with E-state index in [9.17, 15) is 14.7 Å². The maximum atomic E-state index is 10.6. The summed E-state index contributed by atoms with van der Waals surface area (Å²) in [5.74, 6) is 0. The summed E-state index contributed by atoms with van der Waals surface area (Å²) in [5, 5.41) is -0.819. The minimum Gasteiger partial charge on any atom is -0.683 e. The van der Waals surface area contributed by atoms with Gasteiger partial charge in [0.1, 0.15) is 5.30 Å². The zero-order chi connectivity index (χ0) is 9.35. The number of hydrogen-bond acceptors (Lipinski definition) is 3. The van der Waals surface area contributed by atoms with Crippen LogP contribution >= 0.6 is 31.1 Å². The summed E-state index contributed by atoms with van der Waals surface area (Å²) in [6.45, 7) is 0. The summed E-state index contributed by atoms with van der Waals surface area (Å²) in [7, 11) is -4.86. The van der Waals surface area contributed by atoms with E-state index in [-0.39, 0.29) is 69.2 Å². The van der Waals surface area contributed by atoms with Crippen LogP contribution in [0.15, 0.2) is 18.2 Å². The molecule has 0 radical (unpaired) electrons. The standard InChI is InChI=1S/C6H5Cl2O3P.2Na/c7-4-2-1-3-5(8)6(4)12(9,10)11;;/h1-3H,(H2,9,10,11);;/q;2*+1/p-2. The fourth-order valence-corrected chi connectivity index (χ4v) is 2.44. The molecular weight excluding hydrogens is 268 g/mol. The Morgan fingerprint density at radius 1 is 0.929 bits per heavy atom. The van der Waals surface area contributed by atoms with Gasteiger partial charge < -0.3 is 14.7 Å². The van der Waals surface area contributed by atoms with E-state index < -0.39 is 13.2 Å². The topological polar surface area (TPSA) is 69.2 Å². The Morgan fingerprint density at radius 3 is 1.50 bits per heavy atom. The molecule has 0 aromatic heterocycles. The Hall–Kier alpha value is 2.11. The molecule has 0 aliphatic heterocycles. The van der Waals surface area contributed by atoms with E-state index in [1.165, 1.54) is 18.2 Å². The summed E-state index contributed by atoms with van der Waals surface area (Å²) >= 11 is 10.9. The van der Waals surface area contributed by atoms with Crippen molar-refractivity contribution in [2.24, 2.45) is 0 Å². The maximum absolute atomic E-state index is 10.6. The van der Waals surface area contributed by atoms with Crippen LogP contribution in [0.2, 0.25) is 10.0 Å². The molecule has 0 unspecified atom stereocenters. The number of halogens is 2. The molecule has 0 heterocycles. The summed E-state index contributed by atoms with van der Waals surface area (Å²) in [6.07, 6.45) is 0. The minimum atomic E-state index is -4.86. The molecule has 3 nitrogen and oxygen atoms in total. The molecule has 0 aliphatic rings. The van der Waals surface area contributed by atoms with Gasteiger partial charge in [0.05, 0.1) is 10.0 Å². The van der Waals surface area contributed by atoms with Gasteiger partial charge in [0, 0.05) is 0 Å². The molecule has 14 heavy (non-hydrogen) atoms. The van der Waals surface area contributed by atoms with Crippen molar-refractivity contribution in [3.05, 3.63) is 28.2 Å². The molecule has 66 valence electrons. The van der Waals surface area contributed by atoms with E-state index in [1.54, 1.807) is 0 Å². The Balaban J connectivity index is 0. The molecule has 0 bridgehead atoms. The van der Waals surface area contributed by atoms with Gasteiger partial charge in [0.15, 0.2) is 0 Å². The normalized spacial score (nSPS) is 10.1. The molecule has 1 aromatic rings. The van der Waals surface area contributed by atoms with Crippen molar-refractivity contribution in [3.8, 4) is 0 Å². The molecule has 1 aromatic carbocycles.